The van der Waals surface area contributed by atoms with E-state index >= 15 is 0 Å². The summed E-state index contributed by atoms with van der Waals surface area (Å²) in [5, 5.41) is 3.93. The molecule has 1 aromatic heterocycles. The predicted octanol–water partition coefficient (Wildman–Crippen LogP) is 2.78. The Morgan fingerprint density at radius 1 is 1.37 bits per heavy atom. The Morgan fingerprint density at radius 3 is 3.00 bits per heavy atom. The third-order valence-electron chi connectivity index (χ3n) is 4.76. The van der Waals surface area contributed by atoms with Gasteiger partial charge in [-0.25, -0.2) is 0 Å². The van der Waals surface area contributed by atoms with Crippen LogP contribution < -0.4 is 0 Å². The highest BCUT2D eigenvalue weighted by molar-refractivity contribution is 7.08. The first-order valence-electron chi connectivity index (χ1n) is 7.27. The number of hydrogen-bond donors (Lipinski definition) is 0. The molecule has 1 aromatic rings. The van der Waals surface area contributed by atoms with Crippen LogP contribution in [0.25, 0.3) is 0 Å². The number of hydrogen-bond acceptors (Lipinski definition) is 3. The molecule has 2 saturated carbocycles. The summed E-state index contributed by atoms with van der Waals surface area (Å²) >= 11 is 1.59. The van der Waals surface area contributed by atoms with Crippen molar-refractivity contribution in [3.8, 4) is 0 Å². The number of piperidine rings is 1. The minimum absolute atomic E-state index is 0.202. The number of carbonyl (C=O) groups is 1. The molecule has 3 unspecified atom stereocenters. The van der Waals surface area contributed by atoms with E-state index in [4.69, 9.17) is 4.74 Å². The van der Waals surface area contributed by atoms with Crippen LogP contribution in [0.3, 0.4) is 0 Å². The van der Waals surface area contributed by atoms with E-state index in [-0.39, 0.29) is 5.91 Å². The summed E-state index contributed by atoms with van der Waals surface area (Å²) < 4.78 is 6.12. The van der Waals surface area contributed by atoms with Crippen LogP contribution in [-0.4, -0.2) is 36.1 Å². The van der Waals surface area contributed by atoms with E-state index in [9.17, 15) is 4.79 Å². The molecule has 4 heteroatoms. The molecule has 0 N–H and O–H groups in total. The predicted molar refractivity (Wildman–Crippen MR) is 74.3 cm³/mol. The van der Waals surface area contributed by atoms with Crippen molar-refractivity contribution in [2.75, 3.05) is 13.2 Å². The molecule has 1 amide bonds. The molecule has 3 nitrogen and oxygen atoms in total. The Morgan fingerprint density at radius 2 is 2.26 bits per heavy atom. The number of likely N-dealkylation sites (tertiary alicyclic amines) is 1. The molecule has 1 aliphatic heterocycles. The van der Waals surface area contributed by atoms with Crippen LogP contribution in [0.15, 0.2) is 16.8 Å². The van der Waals surface area contributed by atoms with Gasteiger partial charge in [0, 0.05) is 24.4 Å². The molecule has 0 spiro atoms. The van der Waals surface area contributed by atoms with Gasteiger partial charge in [-0.2, -0.15) is 11.3 Å². The van der Waals surface area contributed by atoms with Gasteiger partial charge in [0.2, 0.25) is 0 Å². The number of thiophene rings is 1. The van der Waals surface area contributed by atoms with E-state index in [0.717, 1.165) is 31.1 Å². The van der Waals surface area contributed by atoms with Crippen LogP contribution >= 0.6 is 11.3 Å². The molecular weight excluding hydrogens is 258 g/mol. The van der Waals surface area contributed by atoms with Crippen LogP contribution in [0.2, 0.25) is 0 Å². The lowest BCUT2D eigenvalue weighted by Gasteiger charge is -2.27. The molecule has 3 atom stereocenters. The van der Waals surface area contributed by atoms with Crippen LogP contribution in [0, 0.1) is 11.8 Å². The standard InChI is InChI=1S/C15H19NO2S/c17-15(12-5-6-19-9-12)16-7-11-3-4-13(16)14(11)18-8-10-1-2-10/h5-6,9-11,13-14H,1-4,7-8H2. The maximum Gasteiger partial charge on any atom is 0.255 e. The van der Waals surface area contributed by atoms with E-state index in [1.54, 1.807) is 11.3 Å². The SMILES string of the molecule is O=C(c1ccsc1)N1CC2CCC1C2OCC1CC1. The Bertz CT molecular complexity index is 468. The van der Waals surface area contributed by atoms with E-state index in [1.165, 1.54) is 19.3 Å². The molecule has 19 heavy (non-hydrogen) atoms. The lowest BCUT2D eigenvalue weighted by molar-refractivity contribution is 0.0208. The number of fused-ring (bicyclic) bond motifs is 2. The molecule has 3 fully saturated rings. The second-order valence-corrected chi connectivity index (χ2v) is 6.90. The lowest BCUT2D eigenvalue weighted by Crippen LogP contribution is -2.39. The molecule has 4 rings (SSSR count). The normalized spacial score (nSPS) is 33.1. The highest BCUT2D eigenvalue weighted by Crippen LogP contribution is 2.41. The zero-order valence-corrected chi connectivity index (χ0v) is 11.8. The van der Waals surface area contributed by atoms with Crippen LogP contribution in [-0.2, 0) is 4.74 Å². The summed E-state index contributed by atoms with van der Waals surface area (Å²) in [7, 11) is 0. The number of amides is 1. The monoisotopic (exact) mass is 277 g/mol. The molecule has 0 aromatic carbocycles. The van der Waals surface area contributed by atoms with Crippen molar-refractivity contribution >= 4 is 17.2 Å². The Hall–Kier alpha value is -0.870. The van der Waals surface area contributed by atoms with Gasteiger partial charge in [-0.05, 0) is 43.0 Å². The fraction of sp³-hybridized carbons (Fsp3) is 0.667. The van der Waals surface area contributed by atoms with E-state index in [1.807, 2.05) is 16.8 Å². The van der Waals surface area contributed by atoms with Crippen molar-refractivity contribution in [3.63, 3.8) is 0 Å². The number of carbonyl (C=O) groups excluding carboxylic acids is 1. The van der Waals surface area contributed by atoms with E-state index < -0.39 is 0 Å². The average molecular weight is 277 g/mol. The summed E-state index contributed by atoms with van der Waals surface area (Å²) in [6.07, 6.45) is 5.32. The van der Waals surface area contributed by atoms with E-state index in [0.29, 0.717) is 18.1 Å². The third kappa shape index (κ3) is 2.11. The topological polar surface area (TPSA) is 29.5 Å². The van der Waals surface area contributed by atoms with E-state index in [2.05, 4.69) is 4.90 Å². The molecule has 3 aliphatic rings. The molecule has 102 valence electrons. The second kappa shape index (κ2) is 4.60. The van der Waals surface area contributed by atoms with Gasteiger partial charge in [-0.3, -0.25) is 4.79 Å². The Balaban J connectivity index is 1.45. The third-order valence-corrected chi connectivity index (χ3v) is 5.44. The lowest BCUT2D eigenvalue weighted by atomic mass is 10.1. The summed E-state index contributed by atoms with van der Waals surface area (Å²) in [5.74, 6) is 1.58. The largest absolute Gasteiger partial charge is 0.375 e. The number of ether oxygens (including phenoxy) is 1. The molecule has 1 saturated heterocycles. The van der Waals surface area contributed by atoms with Gasteiger partial charge in [-0.1, -0.05) is 0 Å². The van der Waals surface area contributed by atoms with Gasteiger partial charge < -0.3 is 9.64 Å². The maximum atomic E-state index is 12.5. The molecule has 2 heterocycles. The van der Waals surface area contributed by atoms with Gasteiger partial charge in [-0.15, -0.1) is 0 Å². The van der Waals surface area contributed by atoms with Crippen LogP contribution in [0.5, 0.6) is 0 Å². The van der Waals surface area contributed by atoms with Crippen LogP contribution in [0.1, 0.15) is 36.0 Å². The Kier molecular flexibility index (Phi) is 2.88. The number of nitrogens with zero attached hydrogens (tertiary/aromatic N) is 1. The van der Waals surface area contributed by atoms with Gasteiger partial charge in [0.15, 0.2) is 0 Å². The van der Waals surface area contributed by atoms with Gasteiger partial charge in [0.05, 0.1) is 17.7 Å². The summed E-state index contributed by atoms with van der Waals surface area (Å²) in [5.41, 5.74) is 0.846. The van der Waals surface area contributed by atoms with Crippen molar-refractivity contribution in [1.29, 1.82) is 0 Å². The van der Waals surface area contributed by atoms with Crippen molar-refractivity contribution in [1.82, 2.24) is 4.90 Å². The summed E-state index contributed by atoms with van der Waals surface area (Å²) in [6, 6.07) is 2.26. The highest BCUT2D eigenvalue weighted by atomic mass is 32.1. The Labute approximate surface area is 117 Å². The summed E-state index contributed by atoms with van der Waals surface area (Å²) in [6.45, 7) is 1.81. The number of rotatable bonds is 4. The molecule has 2 aliphatic carbocycles. The van der Waals surface area contributed by atoms with Gasteiger partial charge in [0.1, 0.15) is 0 Å². The van der Waals surface area contributed by atoms with Crippen molar-refractivity contribution in [2.24, 2.45) is 11.8 Å². The second-order valence-electron chi connectivity index (χ2n) is 6.12. The van der Waals surface area contributed by atoms with Crippen molar-refractivity contribution in [2.45, 2.75) is 37.8 Å². The van der Waals surface area contributed by atoms with Crippen molar-refractivity contribution < 1.29 is 9.53 Å². The molecule has 2 bridgehead atoms. The molecular formula is C15H19NO2S. The highest BCUT2D eigenvalue weighted by Gasteiger charge is 2.49. The zero-order valence-electron chi connectivity index (χ0n) is 11.0. The fourth-order valence-corrected chi connectivity index (χ4v) is 4.14. The first-order chi connectivity index (χ1) is 9.33. The first kappa shape index (κ1) is 11.9. The quantitative estimate of drug-likeness (QED) is 0.847. The van der Waals surface area contributed by atoms with Gasteiger partial charge >= 0.3 is 0 Å². The van der Waals surface area contributed by atoms with Gasteiger partial charge in [0.25, 0.3) is 5.91 Å². The first-order valence-corrected chi connectivity index (χ1v) is 8.22. The summed E-state index contributed by atoms with van der Waals surface area (Å²) in [4.78, 5) is 14.5. The minimum atomic E-state index is 0.202. The van der Waals surface area contributed by atoms with Crippen molar-refractivity contribution in [3.05, 3.63) is 22.4 Å². The maximum absolute atomic E-state index is 12.5. The smallest absolute Gasteiger partial charge is 0.255 e. The minimum Gasteiger partial charge on any atom is -0.375 e. The average Bonchev–Trinajstić information content (AvgIpc) is 2.89. The van der Waals surface area contributed by atoms with Crippen LogP contribution in [0.4, 0.5) is 0 Å². The zero-order chi connectivity index (χ0) is 12.8. The fourth-order valence-electron chi connectivity index (χ4n) is 3.51. The molecule has 0 radical (unpaired) electrons.